The van der Waals surface area contributed by atoms with Crippen molar-refractivity contribution in [1.82, 2.24) is 5.48 Å². The second-order valence-corrected chi connectivity index (χ2v) is 11.6. The Bertz CT molecular complexity index is 1410. The lowest BCUT2D eigenvalue weighted by atomic mass is 9.78. The summed E-state index contributed by atoms with van der Waals surface area (Å²) in [6.45, 7) is 8.14. The van der Waals surface area contributed by atoms with E-state index >= 15 is 0 Å². The van der Waals surface area contributed by atoms with Crippen LogP contribution in [0, 0.1) is 0 Å². The van der Waals surface area contributed by atoms with Crippen LogP contribution in [0.2, 0.25) is 0 Å². The van der Waals surface area contributed by atoms with Gasteiger partial charge >= 0.3 is 7.12 Å². The van der Waals surface area contributed by atoms with Gasteiger partial charge in [-0.25, -0.2) is 13.9 Å². The largest absolute Gasteiger partial charge is 0.494 e. The van der Waals surface area contributed by atoms with E-state index in [0.29, 0.717) is 11.3 Å². The van der Waals surface area contributed by atoms with Crippen molar-refractivity contribution in [2.24, 2.45) is 0 Å². The molecule has 0 aromatic heterocycles. The number of carbonyl (C=O) groups excluding carboxylic acids is 1. The maximum Gasteiger partial charge on any atom is 0.494 e. The number of hydrogen-bond donors (Lipinski definition) is 2. The van der Waals surface area contributed by atoms with Crippen LogP contribution in [0.15, 0.2) is 89.8 Å². The molecule has 0 unspecified atom stereocenters. The molecular formula is C28H31BN2O6S. The van der Waals surface area contributed by atoms with E-state index in [-0.39, 0.29) is 11.5 Å². The number of hydrogen-bond acceptors (Lipinski definition) is 6. The highest BCUT2D eigenvalue weighted by molar-refractivity contribution is 7.92. The molecule has 4 rings (SSSR count). The maximum atomic E-state index is 12.7. The van der Waals surface area contributed by atoms with E-state index in [1.54, 1.807) is 42.5 Å². The Balaban J connectivity index is 1.31. The van der Waals surface area contributed by atoms with Crippen LogP contribution in [0.5, 0.6) is 0 Å². The third-order valence-electron chi connectivity index (χ3n) is 6.51. The smallest absolute Gasteiger partial charge is 0.399 e. The van der Waals surface area contributed by atoms with Gasteiger partial charge in [0.2, 0.25) is 0 Å². The summed E-state index contributed by atoms with van der Waals surface area (Å²) in [5.41, 5.74) is 4.22. The minimum Gasteiger partial charge on any atom is -0.399 e. The van der Waals surface area contributed by atoms with E-state index in [4.69, 9.17) is 14.1 Å². The molecule has 0 radical (unpaired) electrons. The fourth-order valence-corrected chi connectivity index (χ4v) is 4.82. The lowest BCUT2D eigenvalue weighted by Gasteiger charge is -2.32. The Hall–Kier alpha value is -3.44. The van der Waals surface area contributed by atoms with Gasteiger partial charge in [0.1, 0.15) is 0 Å². The van der Waals surface area contributed by atoms with Gasteiger partial charge in [-0.2, -0.15) is 0 Å². The summed E-state index contributed by atoms with van der Waals surface area (Å²) in [5, 5.41) is 0. The average molecular weight is 534 g/mol. The molecule has 3 aromatic carbocycles. The predicted octanol–water partition coefficient (Wildman–Crippen LogP) is 4.05. The highest BCUT2D eigenvalue weighted by atomic mass is 32.2. The van der Waals surface area contributed by atoms with Crippen LogP contribution in [0.4, 0.5) is 5.69 Å². The molecule has 1 fully saturated rings. The van der Waals surface area contributed by atoms with Crippen LogP contribution < -0.4 is 15.7 Å². The molecule has 0 bridgehead atoms. The van der Waals surface area contributed by atoms with E-state index in [1.807, 2.05) is 52.0 Å². The number of carbonyl (C=O) groups is 1. The molecule has 8 nitrogen and oxygen atoms in total. The summed E-state index contributed by atoms with van der Waals surface area (Å²) in [6.07, 6.45) is 2.79. The number of benzene rings is 3. The van der Waals surface area contributed by atoms with Gasteiger partial charge in [-0.1, -0.05) is 54.6 Å². The number of sulfonamides is 1. The number of amides is 1. The molecule has 3 aromatic rings. The van der Waals surface area contributed by atoms with Gasteiger partial charge in [0.25, 0.3) is 15.9 Å². The predicted molar refractivity (Wildman–Crippen MR) is 148 cm³/mol. The molecule has 10 heteroatoms. The van der Waals surface area contributed by atoms with E-state index in [9.17, 15) is 13.2 Å². The number of nitrogens with one attached hydrogen (secondary N) is 2. The first-order valence-corrected chi connectivity index (χ1v) is 13.7. The highest BCUT2D eigenvalue weighted by Crippen LogP contribution is 2.36. The van der Waals surface area contributed by atoms with Crippen LogP contribution in [0.1, 0.15) is 38.8 Å². The molecule has 1 aliphatic heterocycles. The first-order valence-electron chi connectivity index (χ1n) is 12.2. The SMILES string of the molecule is CC1(C)OB(c2cccc(CONC(=O)/C=C/c3cccc(S(=O)(=O)Nc4ccccc4)c3)c2)OC1(C)C. The van der Waals surface area contributed by atoms with Crippen LogP contribution in [0.3, 0.4) is 0 Å². The van der Waals surface area contributed by atoms with E-state index < -0.39 is 34.3 Å². The molecule has 1 heterocycles. The molecule has 2 N–H and O–H groups in total. The molecule has 0 saturated carbocycles. The summed E-state index contributed by atoms with van der Waals surface area (Å²) in [5.74, 6) is -0.484. The summed E-state index contributed by atoms with van der Waals surface area (Å²) in [4.78, 5) is 17.7. The number of rotatable bonds is 9. The van der Waals surface area contributed by atoms with Gasteiger partial charge in [0.15, 0.2) is 0 Å². The average Bonchev–Trinajstić information content (AvgIpc) is 3.10. The van der Waals surface area contributed by atoms with Crippen molar-refractivity contribution in [3.8, 4) is 0 Å². The lowest BCUT2D eigenvalue weighted by Crippen LogP contribution is -2.41. The van der Waals surface area contributed by atoms with Gasteiger partial charge in [0, 0.05) is 11.8 Å². The standard InChI is InChI=1S/C28H31BN2O6S/c1-27(2)28(3,4)37-29(36-27)23-12-8-11-22(18-23)20-35-30-26(32)17-16-21-10-9-15-25(19-21)38(33,34)31-24-13-6-5-7-14-24/h5-19,31H,20H2,1-4H3,(H,30,32)/b17-16+. The molecule has 0 aliphatic carbocycles. The molecule has 1 saturated heterocycles. The summed E-state index contributed by atoms with van der Waals surface area (Å²) >= 11 is 0. The zero-order chi connectivity index (χ0) is 27.4. The zero-order valence-electron chi connectivity index (χ0n) is 21.8. The van der Waals surface area contributed by atoms with E-state index in [2.05, 4.69) is 10.2 Å². The molecule has 1 aliphatic rings. The summed E-state index contributed by atoms with van der Waals surface area (Å²) < 4.78 is 40.1. The second-order valence-electron chi connectivity index (χ2n) is 9.97. The van der Waals surface area contributed by atoms with Crippen molar-refractivity contribution in [1.29, 1.82) is 0 Å². The fraction of sp³-hybridized carbons (Fsp3) is 0.250. The van der Waals surface area contributed by atoms with Gasteiger partial charge in [0.05, 0.1) is 22.7 Å². The maximum absolute atomic E-state index is 12.7. The Morgan fingerprint density at radius 1 is 0.921 bits per heavy atom. The normalized spacial score (nSPS) is 16.5. The number of hydroxylamine groups is 1. The molecule has 38 heavy (non-hydrogen) atoms. The van der Waals surface area contributed by atoms with Gasteiger partial charge in [-0.3, -0.25) is 14.4 Å². The fourth-order valence-electron chi connectivity index (χ4n) is 3.71. The Morgan fingerprint density at radius 2 is 1.61 bits per heavy atom. The Morgan fingerprint density at radius 3 is 2.32 bits per heavy atom. The highest BCUT2D eigenvalue weighted by Gasteiger charge is 2.51. The van der Waals surface area contributed by atoms with E-state index in [1.165, 1.54) is 24.3 Å². The minimum absolute atomic E-state index is 0.0852. The third kappa shape index (κ3) is 6.70. The molecular weight excluding hydrogens is 503 g/mol. The zero-order valence-corrected chi connectivity index (χ0v) is 22.6. The number of para-hydroxylation sites is 1. The second kappa shape index (κ2) is 11.1. The van der Waals surface area contributed by atoms with Gasteiger partial charge < -0.3 is 9.31 Å². The van der Waals surface area contributed by atoms with Crippen LogP contribution in [-0.2, 0) is 35.6 Å². The molecule has 0 spiro atoms. The van der Waals surface area contributed by atoms with Crippen molar-refractivity contribution in [3.63, 3.8) is 0 Å². The van der Waals surface area contributed by atoms with Crippen LogP contribution in [-0.4, -0.2) is 32.6 Å². The molecule has 1 amide bonds. The van der Waals surface area contributed by atoms with E-state index in [0.717, 1.165) is 11.0 Å². The van der Waals surface area contributed by atoms with Gasteiger partial charge in [-0.15, -0.1) is 0 Å². The summed E-state index contributed by atoms with van der Waals surface area (Å²) in [6, 6.07) is 22.5. The van der Waals surface area contributed by atoms with Crippen LogP contribution in [0.25, 0.3) is 6.08 Å². The van der Waals surface area contributed by atoms with Crippen molar-refractivity contribution < 1.29 is 27.4 Å². The Labute approximate surface area is 224 Å². The first-order chi connectivity index (χ1) is 18.0. The summed E-state index contributed by atoms with van der Waals surface area (Å²) in [7, 11) is -4.26. The lowest BCUT2D eigenvalue weighted by molar-refractivity contribution is -0.129. The molecule has 0 atom stereocenters. The topological polar surface area (TPSA) is 103 Å². The number of anilines is 1. The van der Waals surface area contributed by atoms with Gasteiger partial charge in [-0.05, 0) is 74.6 Å². The minimum atomic E-state index is -3.77. The quantitative estimate of drug-likeness (QED) is 0.244. The Kier molecular flexibility index (Phi) is 8.08. The van der Waals surface area contributed by atoms with Crippen molar-refractivity contribution in [2.75, 3.05) is 4.72 Å². The van der Waals surface area contributed by atoms with Crippen molar-refractivity contribution >= 4 is 40.3 Å². The van der Waals surface area contributed by atoms with Crippen molar-refractivity contribution in [3.05, 3.63) is 96.1 Å². The third-order valence-corrected chi connectivity index (χ3v) is 7.89. The molecule has 198 valence electrons. The van der Waals surface area contributed by atoms with Crippen LogP contribution >= 0.6 is 0 Å². The monoisotopic (exact) mass is 534 g/mol. The first kappa shape index (κ1) is 27.6. The van der Waals surface area contributed by atoms with Crippen molar-refractivity contribution in [2.45, 2.75) is 50.4 Å².